The Kier molecular flexibility index (Phi) is 6.57. The summed E-state index contributed by atoms with van der Waals surface area (Å²) in [6, 6.07) is 2.92. The number of nitrogens with zero attached hydrogens (tertiary/aromatic N) is 2. The average molecular weight is 314 g/mol. The van der Waals surface area contributed by atoms with E-state index in [1.807, 2.05) is 19.0 Å². The second kappa shape index (κ2) is 7.72. The van der Waals surface area contributed by atoms with Gasteiger partial charge in [-0.1, -0.05) is 13.8 Å². The molecule has 0 radical (unpaired) electrons. The average Bonchev–Trinajstić information content (AvgIpc) is 2.36. The van der Waals surface area contributed by atoms with Crippen molar-refractivity contribution in [2.75, 3.05) is 33.0 Å². The van der Waals surface area contributed by atoms with Crippen LogP contribution in [0, 0.1) is 5.92 Å². The van der Waals surface area contributed by atoms with Crippen LogP contribution in [0.2, 0.25) is 0 Å². The van der Waals surface area contributed by atoms with Crippen molar-refractivity contribution in [2.24, 2.45) is 5.92 Å². The number of rotatable bonds is 8. The van der Waals surface area contributed by atoms with E-state index in [9.17, 15) is 8.42 Å². The summed E-state index contributed by atoms with van der Waals surface area (Å²) in [6.07, 6.45) is 2.28. The molecule has 0 bridgehead atoms. The molecular formula is C14H26N4O2S. The Labute approximate surface area is 128 Å². The first kappa shape index (κ1) is 17.9. The molecule has 21 heavy (non-hydrogen) atoms. The third kappa shape index (κ3) is 5.99. The largest absolute Gasteiger partial charge is 0.373 e. The van der Waals surface area contributed by atoms with Crippen LogP contribution in [-0.2, 0) is 10.0 Å². The molecule has 1 atom stereocenters. The van der Waals surface area contributed by atoms with Gasteiger partial charge in [0.2, 0.25) is 10.0 Å². The second-order valence-electron chi connectivity index (χ2n) is 5.84. The van der Waals surface area contributed by atoms with E-state index in [1.54, 1.807) is 7.05 Å². The maximum absolute atomic E-state index is 12.5. The lowest BCUT2D eigenvalue weighted by molar-refractivity contribution is 0.329. The van der Waals surface area contributed by atoms with Gasteiger partial charge in [0.25, 0.3) is 0 Å². The summed E-state index contributed by atoms with van der Waals surface area (Å²) >= 11 is 0. The first-order valence-electron chi connectivity index (χ1n) is 7.05. The summed E-state index contributed by atoms with van der Waals surface area (Å²) in [5.74, 6) is 0.953. The molecule has 0 saturated carbocycles. The molecule has 0 amide bonds. The van der Waals surface area contributed by atoms with E-state index >= 15 is 0 Å². The van der Waals surface area contributed by atoms with Crippen molar-refractivity contribution >= 4 is 15.8 Å². The molecule has 0 saturated heterocycles. The van der Waals surface area contributed by atoms with Crippen LogP contribution in [-0.4, -0.2) is 52.0 Å². The zero-order valence-corrected chi connectivity index (χ0v) is 14.2. The third-order valence-corrected chi connectivity index (χ3v) is 4.48. The predicted octanol–water partition coefficient (Wildman–Crippen LogP) is 1.38. The first-order chi connectivity index (χ1) is 9.74. The Balaban J connectivity index is 2.93. The van der Waals surface area contributed by atoms with Gasteiger partial charge in [0.1, 0.15) is 5.82 Å². The quantitative estimate of drug-likeness (QED) is 0.758. The fourth-order valence-electron chi connectivity index (χ4n) is 2.17. The molecule has 0 aromatic carbocycles. The van der Waals surface area contributed by atoms with Gasteiger partial charge in [-0.15, -0.1) is 0 Å². The molecule has 2 N–H and O–H groups in total. The van der Waals surface area contributed by atoms with Gasteiger partial charge in [0.15, 0.2) is 0 Å². The zero-order chi connectivity index (χ0) is 16.0. The highest BCUT2D eigenvalue weighted by Gasteiger charge is 2.21. The Bertz CT molecular complexity index is 534. The van der Waals surface area contributed by atoms with E-state index in [2.05, 4.69) is 28.9 Å². The van der Waals surface area contributed by atoms with E-state index < -0.39 is 10.0 Å². The summed E-state index contributed by atoms with van der Waals surface area (Å²) in [5, 5.41) is 2.85. The van der Waals surface area contributed by atoms with Crippen molar-refractivity contribution in [3.05, 3.63) is 18.3 Å². The summed E-state index contributed by atoms with van der Waals surface area (Å²) in [6.45, 7) is 4.84. The fraction of sp³-hybridized carbons (Fsp3) is 0.643. The molecule has 0 fully saturated rings. The summed E-state index contributed by atoms with van der Waals surface area (Å²) in [7, 11) is 2.04. The summed E-state index contributed by atoms with van der Waals surface area (Å²) in [4.78, 5) is 6.25. The molecule has 0 aliphatic rings. The molecule has 1 unspecified atom stereocenters. The topological polar surface area (TPSA) is 74.3 Å². The van der Waals surface area contributed by atoms with E-state index in [1.165, 1.54) is 18.3 Å². The molecule has 0 aliphatic carbocycles. The highest BCUT2D eigenvalue weighted by molar-refractivity contribution is 7.89. The smallest absolute Gasteiger partial charge is 0.241 e. The first-order valence-corrected chi connectivity index (χ1v) is 8.53. The SMILES string of the molecule is CNc1cc(S(=O)(=O)NC(CC(C)C)CN(C)C)ccn1. The van der Waals surface area contributed by atoms with E-state index in [0.717, 1.165) is 6.42 Å². The third-order valence-electron chi connectivity index (χ3n) is 2.96. The summed E-state index contributed by atoms with van der Waals surface area (Å²) < 4.78 is 27.8. The van der Waals surface area contributed by atoms with Crippen LogP contribution < -0.4 is 10.0 Å². The van der Waals surface area contributed by atoms with Crippen molar-refractivity contribution in [1.29, 1.82) is 0 Å². The lowest BCUT2D eigenvalue weighted by Gasteiger charge is -2.23. The van der Waals surface area contributed by atoms with Gasteiger partial charge in [-0.05, 0) is 32.5 Å². The van der Waals surface area contributed by atoms with Crippen LogP contribution in [0.1, 0.15) is 20.3 Å². The van der Waals surface area contributed by atoms with Gasteiger partial charge >= 0.3 is 0 Å². The van der Waals surface area contributed by atoms with Gasteiger partial charge in [0.05, 0.1) is 4.90 Å². The number of sulfonamides is 1. The lowest BCUT2D eigenvalue weighted by Crippen LogP contribution is -2.42. The van der Waals surface area contributed by atoms with Crippen molar-refractivity contribution in [1.82, 2.24) is 14.6 Å². The number of nitrogens with one attached hydrogen (secondary N) is 2. The van der Waals surface area contributed by atoms with Crippen molar-refractivity contribution in [3.8, 4) is 0 Å². The van der Waals surface area contributed by atoms with Crippen LogP contribution in [0.4, 0.5) is 5.82 Å². The van der Waals surface area contributed by atoms with Crippen LogP contribution in [0.5, 0.6) is 0 Å². The van der Waals surface area contributed by atoms with Crippen molar-refractivity contribution < 1.29 is 8.42 Å². The van der Waals surface area contributed by atoms with Crippen molar-refractivity contribution in [2.45, 2.75) is 31.2 Å². The van der Waals surface area contributed by atoms with Crippen molar-refractivity contribution in [3.63, 3.8) is 0 Å². The van der Waals surface area contributed by atoms with Crippen LogP contribution in [0.25, 0.3) is 0 Å². The molecule has 120 valence electrons. The Hall–Kier alpha value is -1.18. The fourth-order valence-corrected chi connectivity index (χ4v) is 3.42. The monoisotopic (exact) mass is 314 g/mol. The number of likely N-dealkylation sites (N-methyl/N-ethyl adjacent to an activating group) is 1. The molecule has 1 aromatic rings. The minimum Gasteiger partial charge on any atom is -0.373 e. The second-order valence-corrected chi connectivity index (χ2v) is 7.55. The molecular weight excluding hydrogens is 288 g/mol. The van der Waals surface area contributed by atoms with Crippen LogP contribution in [0.3, 0.4) is 0 Å². The Morgan fingerprint density at radius 2 is 2.00 bits per heavy atom. The van der Waals surface area contributed by atoms with Crippen LogP contribution in [0.15, 0.2) is 23.2 Å². The molecule has 7 heteroatoms. The minimum atomic E-state index is -3.54. The van der Waals surface area contributed by atoms with Gasteiger partial charge in [-0.2, -0.15) is 0 Å². The summed E-state index contributed by atoms with van der Waals surface area (Å²) in [5.41, 5.74) is 0. The van der Waals surface area contributed by atoms with Crippen LogP contribution >= 0.6 is 0 Å². The Morgan fingerprint density at radius 3 is 2.52 bits per heavy atom. The van der Waals surface area contributed by atoms with Gasteiger partial charge in [-0.25, -0.2) is 18.1 Å². The lowest BCUT2D eigenvalue weighted by atomic mass is 10.0. The number of anilines is 1. The van der Waals surface area contributed by atoms with E-state index in [4.69, 9.17) is 0 Å². The highest BCUT2D eigenvalue weighted by atomic mass is 32.2. The highest BCUT2D eigenvalue weighted by Crippen LogP contribution is 2.14. The van der Waals surface area contributed by atoms with E-state index in [0.29, 0.717) is 18.3 Å². The number of hydrogen-bond donors (Lipinski definition) is 2. The van der Waals surface area contributed by atoms with E-state index in [-0.39, 0.29) is 10.9 Å². The molecule has 6 nitrogen and oxygen atoms in total. The normalized spacial score (nSPS) is 13.7. The van der Waals surface area contributed by atoms with Gasteiger partial charge < -0.3 is 10.2 Å². The maximum atomic E-state index is 12.5. The molecule has 0 aliphatic heterocycles. The molecule has 1 aromatic heterocycles. The maximum Gasteiger partial charge on any atom is 0.241 e. The van der Waals surface area contributed by atoms with Gasteiger partial charge in [0, 0.05) is 31.9 Å². The number of hydrogen-bond acceptors (Lipinski definition) is 5. The predicted molar refractivity (Wildman–Crippen MR) is 85.9 cm³/mol. The minimum absolute atomic E-state index is 0.115. The number of aromatic nitrogens is 1. The zero-order valence-electron chi connectivity index (χ0n) is 13.4. The Morgan fingerprint density at radius 1 is 1.33 bits per heavy atom. The molecule has 0 spiro atoms. The molecule has 1 heterocycles. The standard InChI is InChI=1S/C14H26N4O2S/c1-11(2)8-12(10-18(4)5)17-21(19,20)13-6-7-16-14(9-13)15-3/h6-7,9,11-12,17H,8,10H2,1-5H3,(H,15,16). The van der Waals surface area contributed by atoms with Gasteiger partial charge in [-0.3, -0.25) is 0 Å². The number of pyridine rings is 1. The molecule has 1 rings (SSSR count).